The number of nitrogens with zero attached hydrogens (tertiary/aromatic N) is 3. The molecule has 3 N–H and O–H groups in total. The second-order valence-electron chi connectivity index (χ2n) is 5.65. The molecular formula is C14H25N5O. The zero-order valence-corrected chi connectivity index (χ0v) is 12.4. The number of nitrogens with one attached hydrogen (secondary N) is 1. The van der Waals surface area contributed by atoms with Gasteiger partial charge >= 0.3 is 6.01 Å². The van der Waals surface area contributed by atoms with Crippen molar-refractivity contribution in [1.29, 1.82) is 0 Å². The topological polar surface area (TPSA) is 86.0 Å². The van der Waals surface area contributed by atoms with Crippen LogP contribution in [0.15, 0.2) is 0 Å². The summed E-state index contributed by atoms with van der Waals surface area (Å²) in [5.74, 6) is 0.725. The van der Waals surface area contributed by atoms with Crippen LogP contribution in [-0.2, 0) is 0 Å². The Kier molecular flexibility index (Phi) is 5.38. The van der Waals surface area contributed by atoms with Crippen LogP contribution in [0.1, 0.15) is 58.8 Å². The molecule has 6 heteroatoms. The Morgan fingerprint density at radius 3 is 2.35 bits per heavy atom. The highest BCUT2D eigenvalue weighted by atomic mass is 16.5. The second-order valence-corrected chi connectivity index (χ2v) is 5.65. The predicted molar refractivity (Wildman–Crippen MR) is 79.7 cm³/mol. The average Bonchev–Trinajstić information content (AvgIpc) is 2.30. The molecule has 1 aromatic rings. The van der Waals surface area contributed by atoms with Gasteiger partial charge in [0.25, 0.3) is 0 Å². The third-order valence-corrected chi connectivity index (χ3v) is 3.41. The summed E-state index contributed by atoms with van der Waals surface area (Å²) in [7, 11) is 0. The molecular weight excluding hydrogens is 254 g/mol. The maximum absolute atomic E-state index is 5.71. The molecule has 1 aromatic heterocycles. The van der Waals surface area contributed by atoms with Gasteiger partial charge in [-0.25, -0.2) is 0 Å². The summed E-state index contributed by atoms with van der Waals surface area (Å²) in [6.45, 7) is 3.86. The summed E-state index contributed by atoms with van der Waals surface area (Å²) < 4.78 is 5.49. The van der Waals surface area contributed by atoms with Crippen LogP contribution in [0.4, 0.5) is 11.9 Å². The van der Waals surface area contributed by atoms with Gasteiger partial charge in [-0.05, 0) is 26.7 Å². The lowest BCUT2D eigenvalue weighted by Gasteiger charge is -2.21. The maximum atomic E-state index is 5.71. The Bertz CT molecular complexity index is 416. The Morgan fingerprint density at radius 2 is 1.70 bits per heavy atom. The number of rotatable bonds is 4. The fraction of sp³-hybridized carbons (Fsp3) is 0.786. The number of anilines is 2. The van der Waals surface area contributed by atoms with Gasteiger partial charge in [0.1, 0.15) is 0 Å². The summed E-state index contributed by atoms with van der Waals surface area (Å²) >= 11 is 0. The molecule has 0 bridgehead atoms. The Morgan fingerprint density at radius 1 is 1.05 bits per heavy atom. The zero-order chi connectivity index (χ0) is 14.4. The van der Waals surface area contributed by atoms with Crippen LogP contribution in [-0.4, -0.2) is 27.1 Å². The fourth-order valence-corrected chi connectivity index (χ4v) is 2.48. The largest absolute Gasteiger partial charge is 0.461 e. The van der Waals surface area contributed by atoms with Gasteiger partial charge in [-0.1, -0.05) is 32.1 Å². The van der Waals surface area contributed by atoms with Crippen LogP contribution in [0, 0.1) is 0 Å². The maximum Gasteiger partial charge on any atom is 0.323 e. The minimum absolute atomic E-state index is 0.0195. The molecule has 0 saturated heterocycles. The summed E-state index contributed by atoms with van der Waals surface area (Å²) in [5, 5.41) is 3.38. The summed E-state index contributed by atoms with van der Waals surface area (Å²) in [5.41, 5.74) is 5.71. The first-order chi connectivity index (χ1) is 9.63. The highest BCUT2D eigenvalue weighted by Crippen LogP contribution is 2.20. The van der Waals surface area contributed by atoms with Gasteiger partial charge in [-0.2, -0.15) is 15.0 Å². The fourth-order valence-electron chi connectivity index (χ4n) is 2.48. The van der Waals surface area contributed by atoms with Crippen molar-refractivity contribution in [3.05, 3.63) is 0 Å². The number of ether oxygens (including phenoxy) is 1. The normalized spacial score (nSPS) is 17.6. The third kappa shape index (κ3) is 4.83. The molecule has 1 aliphatic carbocycles. The van der Waals surface area contributed by atoms with Crippen LogP contribution in [0.2, 0.25) is 0 Å². The van der Waals surface area contributed by atoms with Crippen molar-refractivity contribution >= 4 is 11.9 Å². The number of aromatic nitrogens is 3. The summed E-state index contributed by atoms with van der Waals surface area (Å²) in [6, 6.07) is 0.713. The minimum atomic E-state index is 0.0195. The van der Waals surface area contributed by atoms with Crippen molar-refractivity contribution < 1.29 is 4.74 Å². The average molecular weight is 279 g/mol. The van der Waals surface area contributed by atoms with Crippen LogP contribution in [0.3, 0.4) is 0 Å². The van der Waals surface area contributed by atoms with Gasteiger partial charge in [0.2, 0.25) is 11.9 Å². The number of hydrogen-bond donors (Lipinski definition) is 2. The van der Waals surface area contributed by atoms with Gasteiger partial charge < -0.3 is 15.8 Å². The molecule has 0 atom stereocenters. The van der Waals surface area contributed by atoms with E-state index in [1.54, 1.807) is 0 Å². The van der Waals surface area contributed by atoms with E-state index in [0.29, 0.717) is 18.0 Å². The number of hydrogen-bond acceptors (Lipinski definition) is 6. The molecule has 0 spiro atoms. The Balaban J connectivity index is 2.01. The molecule has 20 heavy (non-hydrogen) atoms. The number of nitrogens with two attached hydrogens (primary N) is 1. The summed E-state index contributed by atoms with van der Waals surface area (Å²) in [4.78, 5) is 12.4. The first kappa shape index (κ1) is 14.8. The van der Waals surface area contributed by atoms with E-state index in [4.69, 9.17) is 10.5 Å². The van der Waals surface area contributed by atoms with Crippen molar-refractivity contribution in [3.8, 4) is 6.01 Å². The molecule has 1 fully saturated rings. The molecule has 2 rings (SSSR count). The third-order valence-electron chi connectivity index (χ3n) is 3.41. The molecule has 0 unspecified atom stereocenters. The molecule has 0 aromatic carbocycles. The van der Waals surface area contributed by atoms with Crippen LogP contribution < -0.4 is 15.8 Å². The number of nitrogen functional groups attached to an aromatic ring is 1. The van der Waals surface area contributed by atoms with Crippen molar-refractivity contribution in [2.45, 2.75) is 70.9 Å². The van der Waals surface area contributed by atoms with Crippen molar-refractivity contribution in [1.82, 2.24) is 15.0 Å². The molecule has 6 nitrogen and oxygen atoms in total. The van der Waals surface area contributed by atoms with E-state index < -0.39 is 0 Å². The Hall–Kier alpha value is -1.59. The van der Waals surface area contributed by atoms with E-state index in [1.165, 1.54) is 32.1 Å². The lowest BCUT2D eigenvalue weighted by Crippen LogP contribution is -2.23. The Labute approximate surface area is 120 Å². The lowest BCUT2D eigenvalue weighted by molar-refractivity contribution is 0.222. The molecule has 112 valence electrons. The van der Waals surface area contributed by atoms with Crippen LogP contribution in [0.5, 0.6) is 6.01 Å². The molecule has 1 saturated carbocycles. The quantitative estimate of drug-likeness (QED) is 0.881. The molecule has 1 aliphatic rings. The standard InChI is InChI=1S/C14H25N5O/c1-10(2)20-14-18-12(15)17-13(19-14)16-11-8-6-4-3-5-7-9-11/h10-11H,3-9H2,1-2H3,(H3,15,16,17,18,19). The van der Waals surface area contributed by atoms with E-state index in [1.807, 2.05) is 13.8 Å². The smallest absolute Gasteiger partial charge is 0.323 e. The first-order valence-corrected chi connectivity index (χ1v) is 7.58. The molecule has 0 aliphatic heterocycles. The van der Waals surface area contributed by atoms with E-state index >= 15 is 0 Å². The highest BCUT2D eigenvalue weighted by Gasteiger charge is 2.14. The van der Waals surface area contributed by atoms with Crippen molar-refractivity contribution in [2.24, 2.45) is 0 Å². The molecule has 1 heterocycles. The molecule has 0 amide bonds. The predicted octanol–water partition coefficient (Wildman–Crippen LogP) is 2.77. The van der Waals surface area contributed by atoms with E-state index in [0.717, 1.165) is 12.8 Å². The zero-order valence-electron chi connectivity index (χ0n) is 12.4. The summed E-state index contributed by atoms with van der Waals surface area (Å²) in [6.07, 6.45) is 8.85. The monoisotopic (exact) mass is 279 g/mol. The second kappa shape index (κ2) is 7.26. The van der Waals surface area contributed by atoms with Gasteiger partial charge in [0.05, 0.1) is 6.10 Å². The minimum Gasteiger partial charge on any atom is -0.461 e. The first-order valence-electron chi connectivity index (χ1n) is 7.58. The SMILES string of the molecule is CC(C)Oc1nc(N)nc(NC2CCCCCCC2)n1. The van der Waals surface area contributed by atoms with Crippen LogP contribution >= 0.6 is 0 Å². The van der Waals surface area contributed by atoms with E-state index in [9.17, 15) is 0 Å². The van der Waals surface area contributed by atoms with Gasteiger partial charge in [0, 0.05) is 6.04 Å². The highest BCUT2D eigenvalue weighted by molar-refractivity contribution is 5.33. The van der Waals surface area contributed by atoms with Crippen molar-refractivity contribution in [3.63, 3.8) is 0 Å². The van der Waals surface area contributed by atoms with Crippen LogP contribution in [0.25, 0.3) is 0 Å². The lowest BCUT2D eigenvalue weighted by atomic mass is 9.97. The van der Waals surface area contributed by atoms with Crippen molar-refractivity contribution in [2.75, 3.05) is 11.1 Å². The van der Waals surface area contributed by atoms with Gasteiger partial charge in [0.15, 0.2) is 0 Å². The molecule has 0 radical (unpaired) electrons. The van der Waals surface area contributed by atoms with E-state index in [2.05, 4.69) is 20.3 Å². The van der Waals surface area contributed by atoms with Gasteiger partial charge in [-0.3, -0.25) is 0 Å². The van der Waals surface area contributed by atoms with Gasteiger partial charge in [-0.15, -0.1) is 0 Å². The van der Waals surface area contributed by atoms with E-state index in [-0.39, 0.29) is 12.1 Å².